The highest BCUT2D eigenvalue weighted by molar-refractivity contribution is 5.11. The van der Waals surface area contributed by atoms with Gasteiger partial charge < -0.3 is 5.32 Å². The van der Waals surface area contributed by atoms with Gasteiger partial charge in [0.2, 0.25) is 0 Å². The Labute approximate surface area is 105 Å². The molecule has 1 aromatic rings. The standard InChI is InChI=1S/C14H25N3/c1-5-7-12(2)17(4)11-14-9-6-8-13(16-14)10-15-3/h6,8-9,12,15H,5,7,10-11H2,1-4H3. The third-order valence-electron chi connectivity index (χ3n) is 3.09. The second kappa shape index (κ2) is 7.41. The van der Waals surface area contributed by atoms with Gasteiger partial charge in [-0.05, 0) is 39.6 Å². The molecular formula is C14H25N3. The van der Waals surface area contributed by atoms with E-state index in [2.05, 4.69) is 54.3 Å². The zero-order valence-electron chi connectivity index (χ0n) is 11.5. The summed E-state index contributed by atoms with van der Waals surface area (Å²) < 4.78 is 0. The number of pyridine rings is 1. The van der Waals surface area contributed by atoms with Crippen LogP contribution in [0.5, 0.6) is 0 Å². The lowest BCUT2D eigenvalue weighted by atomic mass is 10.1. The van der Waals surface area contributed by atoms with Gasteiger partial charge in [0.15, 0.2) is 0 Å². The predicted molar refractivity (Wildman–Crippen MR) is 72.8 cm³/mol. The van der Waals surface area contributed by atoms with Crippen LogP contribution in [0.25, 0.3) is 0 Å². The van der Waals surface area contributed by atoms with E-state index in [0.29, 0.717) is 6.04 Å². The average molecular weight is 235 g/mol. The summed E-state index contributed by atoms with van der Waals surface area (Å²) in [6, 6.07) is 6.88. The Morgan fingerprint density at radius 3 is 2.71 bits per heavy atom. The van der Waals surface area contributed by atoms with Crippen LogP contribution in [0, 0.1) is 0 Å². The summed E-state index contributed by atoms with van der Waals surface area (Å²) in [6.45, 7) is 6.28. The average Bonchev–Trinajstić information content (AvgIpc) is 2.30. The topological polar surface area (TPSA) is 28.2 Å². The minimum Gasteiger partial charge on any atom is -0.314 e. The van der Waals surface area contributed by atoms with Crippen molar-refractivity contribution in [3.05, 3.63) is 29.6 Å². The fourth-order valence-corrected chi connectivity index (χ4v) is 1.95. The molecule has 0 saturated heterocycles. The van der Waals surface area contributed by atoms with E-state index in [0.717, 1.165) is 24.5 Å². The Morgan fingerprint density at radius 2 is 2.06 bits per heavy atom. The summed E-state index contributed by atoms with van der Waals surface area (Å²) in [6.07, 6.45) is 2.48. The Balaban J connectivity index is 2.58. The van der Waals surface area contributed by atoms with E-state index in [1.165, 1.54) is 12.8 Å². The molecule has 0 aromatic carbocycles. The van der Waals surface area contributed by atoms with Gasteiger partial charge in [-0.25, -0.2) is 0 Å². The van der Waals surface area contributed by atoms with Crippen LogP contribution >= 0.6 is 0 Å². The largest absolute Gasteiger partial charge is 0.314 e. The molecule has 0 radical (unpaired) electrons. The van der Waals surface area contributed by atoms with Crippen molar-refractivity contribution in [2.24, 2.45) is 0 Å². The molecule has 96 valence electrons. The Kier molecular flexibility index (Phi) is 6.16. The van der Waals surface area contributed by atoms with E-state index >= 15 is 0 Å². The van der Waals surface area contributed by atoms with Crippen LogP contribution in [0.2, 0.25) is 0 Å². The van der Waals surface area contributed by atoms with Crippen LogP contribution in [0.3, 0.4) is 0 Å². The molecule has 3 nitrogen and oxygen atoms in total. The third kappa shape index (κ3) is 4.84. The molecule has 0 saturated carbocycles. The SMILES string of the molecule is CCCC(C)N(C)Cc1cccc(CNC)n1. The minimum atomic E-state index is 0.620. The maximum absolute atomic E-state index is 4.64. The van der Waals surface area contributed by atoms with Crippen LogP contribution in [0.1, 0.15) is 38.1 Å². The van der Waals surface area contributed by atoms with Crippen molar-refractivity contribution < 1.29 is 0 Å². The maximum Gasteiger partial charge on any atom is 0.0547 e. The van der Waals surface area contributed by atoms with Crippen molar-refractivity contribution in [3.8, 4) is 0 Å². The second-order valence-electron chi connectivity index (χ2n) is 4.70. The summed E-state index contributed by atoms with van der Waals surface area (Å²) in [5.74, 6) is 0. The molecule has 1 N–H and O–H groups in total. The fraction of sp³-hybridized carbons (Fsp3) is 0.643. The van der Waals surface area contributed by atoms with Crippen molar-refractivity contribution in [1.82, 2.24) is 15.2 Å². The van der Waals surface area contributed by atoms with Gasteiger partial charge in [0.25, 0.3) is 0 Å². The molecule has 0 aliphatic rings. The quantitative estimate of drug-likeness (QED) is 0.786. The van der Waals surface area contributed by atoms with Crippen LogP contribution in [0.4, 0.5) is 0 Å². The van der Waals surface area contributed by atoms with E-state index in [1.54, 1.807) is 0 Å². The van der Waals surface area contributed by atoms with Gasteiger partial charge in [0, 0.05) is 19.1 Å². The Bertz CT molecular complexity index is 325. The van der Waals surface area contributed by atoms with Crippen molar-refractivity contribution in [2.75, 3.05) is 14.1 Å². The fourth-order valence-electron chi connectivity index (χ4n) is 1.95. The molecule has 0 fully saturated rings. The third-order valence-corrected chi connectivity index (χ3v) is 3.09. The zero-order chi connectivity index (χ0) is 12.7. The van der Waals surface area contributed by atoms with Crippen molar-refractivity contribution in [2.45, 2.75) is 45.8 Å². The van der Waals surface area contributed by atoms with Gasteiger partial charge >= 0.3 is 0 Å². The molecule has 17 heavy (non-hydrogen) atoms. The molecule has 1 rings (SSSR count). The molecule has 1 atom stereocenters. The maximum atomic E-state index is 4.64. The molecule has 1 heterocycles. The Morgan fingerprint density at radius 1 is 1.35 bits per heavy atom. The number of hydrogen-bond donors (Lipinski definition) is 1. The van der Waals surface area contributed by atoms with Crippen molar-refractivity contribution in [3.63, 3.8) is 0 Å². The summed E-state index contributed by atoms with van der Waals surface area (Å²) in [5.41, 5.74) is 2.27. The first-order valence-corrected chi connectivity index (χ1v) is 6.47. The van der Waals surface area contributed by atoms with Gasteiger partial charge in [0.1, 0.15) is 0 Å². The van der Waals surface area contributed by atoms with Gasteiger partial charge in [-0.1, -0.05) is 19.4 Å². The first-order valence-electron chi connectivity index (χ1n) is 6.47. The van der Waals surface area contributed by atoms with Gasteiger partial charge in [-0.15, -0.1) is 0 Å². The zero-order valence-corrected chi connectivity index (χ0v) is 11.5. The molecular weight excluding hydrogens is 210 g/mol. The minimum absolute atomic E-state index is 0.620. The molecule has 3 heteroatoms. The lowest BCUT2D eigenvalue weighted by Gasteiger charge is -2.24. The monoisotopic (exact) mass is 235 g/mol. The van der Waals surface area contributed by atoms with Gasteiger partial charge in [-0.2, -0.15) is 0 Å². The van der Waals surface area contributed by atoms with Gasteiger partial charge in [0.05, 0.1) is 11.4 Å². The van der Waals surface area contributed by atoms with Crippen molar-refractivity contribution in [1.29, 1.82) is 0 Å². The van der Waals surface area contributed by atoms with E-state index in [1.807, 2.05) is 7.05 Å². The predicted octanol–water partition coefficient (Wildman–Crippen LogP) is 2.42. The van der Waals surface area contributed by atoms with Gasteiger partial charge in [-0.3, -0.25) is 9.88 Å². The first-order chi connectivity index (χ1) is 8.17. The summed E-state index contributed by atoms with van der Waals surface area (Å²) in [5, 5.41) is 3.13. The van der Waals surface area contributed by atoms with E-state index < -0.39 is 0 Å². The molecule has 1 aromatic heterocycles. The highest BCUT2D eigenvalue weighted by atomic mass is 15.1. The summed E-state index contributed by atoms with van der Waals surface area (Å²) in [4.78, 5) is 7.01. The molecule has 0 spiro atoms. The second-order valence-corrected chi connectivity index (χ2v) is 4.70. The summed E-state index contributed by atoms with van der Waals surface area (Å²) in [7, 11) is 4.12. The first kappa shape index (κ1) is 14.1. The Hall–Kier alpha value is -0.930. The van der Waals surface area contributed by atoms with Crippen LogP contribution in [0.15, 0.2) is 18.2 Å². The number of hydrogen-bond acceptors (Lipinski definition) is 3. The van der Waals surface area contributed by atoms with E-state index in [4.69, 9.17) is 0 Å². The molecule has 0 bridgehead atoms. The van der Waals surface area contributed by atoms with Crippen LogP contribution in [-0.2, 0) is 13.1 Å². The normalized spacial score (nSPS) is 13.0. The van der Waals surface area contributed by atoms with Crippen LogP contribution < -0.4 is 5.32 Å². The lowest BCUT2D eigenvalue weighted by Crippen LogP contribution is -2.28. The number of nitrogens with zero attached hydrogens (tertiary/aromatic N) is 2. The number of nitrogens with one attached hydrogen (secondary N) is 1. The number of rotatable bonds is 7. The lowest BCUT2D eigenvalue weighted by molar-refractivity contribution is 0.234. The van der Waals surface area contributed by atoms with Crippen molar-refractivity contribution >= 4 is 0 Å². The molecule has 0 amide bonds. The highest BCUT2D eigenvalue weighted by Crippen LogP contribution is 2.09. The smallest absolute Gasteiger partial charge is 0.0547 e. The highest BCUT2D eigenvalue weighted by Gasteiger charge is 2.09. The summed E-state index contributed by atoms with van der Waals surface area (Å²) >= 11 is 0. The molecule has 0 aliphatic heterocycles. The van der Waals surface area contributed by atoms with E-state index in [-0.39, 0.29) is 0 Å². The van der Waals surface area contributed by atoms with Crippen LogP contribution in [-0.4, -0.2) is 30.0 Å². The molecule has 1 unspecified atom stereocenters. The number of aromatic nitrogens is 1. The molecule has 0 aliphatic carbocycles. The van der Waals surface area contributed by atoms with E-state index in [9.17, 15) is 0 Å².